The molecular formula is C13H20N4O2S2. The van der Waals surface area contributed by atoms with E-state index < -0.39 is 10.0 Å². The minimum Gasteiger partial charge on any atom is -0.337 e. The topological polar surface area (TPSA) is 67.2 Å². The number of imidazole rings is 1. The molecule has 2 rings (SSSR count). The van der Waals surface area contributed by atoms with E-state index in [1.807, 2.05) is 18.5 Å². The van der Waals surface area contributed by atoms with Gasteiger partial charge in [0.1, 0.15) is 5.82 Å². The van der Waals surface area contributed by atoms with E-state index in [1.165, 1.54) is 15.6 Å². The smallest absolute Gasteiger partial charge is 0.244 e. The minimum atomic E-state index is -3.47. The Bertz CT molecular complexity index is 691. The predicted octanol–water partition coefficient (Wildman–Crippen LogP) is 1.41. The summed E-state index contributed by atoms with van der Waals surface area (Å²) in [4.78, 5) is 5.52. The number of nitrogens with zero attached hydrogens (tertiary/aromatic N) is 3. The molecule has 21 heavy (non-hydrogen) atoms. The van der Waals surface area contributed by atoms with Gasteiger partial charge in [-0.3, -0.25) is 0 Å². The summed E-state index contributed by atoms with van der Waals surface area (Å²) in [5.74, 6) is 0.712. The number of hydrogen-bond donors (Lipinski definition) is 1. The Morgan fingerprint density at radius 1 is 1.48 bits per heavy atom. The zero-order valence-corrected chi connectivity index (χ0v) is 14.0. The van der Waals surface area contributed by atoms with Crippen molar-refractivity contribution in [2.45, 2.75) is 24.9 Å². The Morgan fingerprint density at radius 3 is 2.86 bits per heavy atom. The molecule has 0 aliphatic rings. The van der Waals surface area contributed by atoms with E-state index in [4.69, 9.17) is 0 Å². The van der Waals surface area contributed by atoms with Gasteiger partial charge in [-0.1, -0.05) is 6.92 Å². The highest BCUT2D eigenvalue weighted by molar-refractivity contribution is 7.89. The SMILES string of the molecule is CCNCc1cc(S(=O)(=O)N(C)Cc2nccn2C)cs1. The molecule has 116 valence electrons. The fourth-order valence-corrected chi connectivity index (χ4v) is 4.21. The summed E-state index contributed by atoms with van der Waals surface area (Å²) < 4.78 is 28.2. The average Bonchev–Trinajstić information content (AvgIpc) is 3.06. The van der Waals surface area contributed by atoms with E-state index in [-0.39, 0.29) is 6.54 Å². The van der Waals surface area contributed by atoms with Crippen molar-refractivity contribution in [1.82, 2.24) is 19.2 Å². The lowest BCUT2D eigenvalue weighted by Gasteiger charge is -2.15. The Kier molecular flexibility index (Phi) is 5.15. The number of sulfonamides is 1. The Balaban J connectivity index is 2.13. The van der Waals surface area contributed by atoms with Gasteiger partial charge in [-0.25, -0.2) is 13.4 Å². The quantitative estimate of drug-likeness (QED) is 0.834. The summed E-state index contributed by atoms with van der Waals surface area (Å²) >= 11 is 1.46. The first-order valence-corrected chi connectivity index (χ1v) is 8.97. The van der Waals surface area contributed by atoms with E-state index in [0.717, 1.165) is 11.4 Å². The Hall–Kier alpha value is -1.22. The maximum absolute atomic E-state index is 12.5. The van der Waals surface area contributed by atoms with E-state index in [2.05, 4.69) is 10.3 Å². The van der Waals surface area contributed by atoms with Gasteiger partial charge in [0.05, 0.1) is 11.4 Å². The second kappa shape index (κ2) is 6.69. The van der Waals surface area contributed by atoms with E-state index >= 15 is 0 Å². The molecule has 0 aliphatic carbocycles. The van der Waals surface area contributed by atoms with Crippen LogP contribution in [0.4, 0.5) is 0 Å². The van der Waals surface area contributed by atoms with Gasteiger partial charge in [-0.05, 0) is 12.6 Å². The van der Waals surface area contributed by atoms with Gasteiger partial charge in [0, 0.05) is 43.3 Å². The molecule has 0 bridgehead atoms. The third-order valence-corrected chi connectivity index (χ3v) is 6.04. The van der Waals surface area contributed by atoms with Crippen LogP contribution in [0.5, 0.6) is 0 Å². The lowest BCUT2D eigenvalue weighted by atomic mass is 10.4. The number of hydrogen-bond acceptors (Lipinski definition) is 5. The fourth-order valence-electron chi connectivity index (χ4n) is 1.85. The molecule has 0 radical (unpaired) electrons. The van der Waals surface area contributed by atoms with Crippen LogP contribution >= 0.6 is 11.3 Å². The molecule has 0 aromatic carbocycles. The monoisotopic (exact) mass is 328 g/mol. The number of thiophene rings is 1. The van der Waals surface area contributed by atoms with E-state index in [0.29, 0.717) is 17.3 Å². The van der Waals surface area contributed by atoms with Crippen molar-refractivity contribution >= 4 is 21.4 Å². The van der Waals surface area contributed by atoms with E-state index in [9.17, 15) is 8.42 Å². The first kappa shape index (κ1) is 16.2. The molecule has 0 spiro atoms. The molecule has 0 aliphatic heterocycles. The van der Waals surface area contributed by atoms with Gasteiger partial charge in [-0.15, -0.1) is 11.3 Å². The highest BCUT2D eigenvalue weighted by atomic mass is 32.2. The zero-order chi connectivity index (χ0) is 15.5. The maximum Gasteiger partial charge on any atom is 0.244 e. The van der Waals surface area contributed by atoms with Crippen LogP contribution in [0.3, 0.4) is 0 Å². The van der Waals surface area contributed by atoms with Gasteiger partial charge in [-0.2, -0.15) is 4.31 Å². The van der Waals surface area contributed by atoms with Crippen molar-refractivity contribution in [1.29, 1.82) is 0 Å². The van der Waals surface area contributed by atoms with Crippen molar-refractivity contribution in [2.75, 3.05) is 13.6 Å². The van der Waals surface area contributed by atoms with Crippen LogP contribution in [0.15, 0.2) is 28.7 Å². The van der Waals surface area contributed by atoms with Gasteiger partial charge in [0.15, 0.2) is 0 Å². The van der Waals surface area contributed by atoms with Crippen molar-refractivity contribution < 1.29 is 8.42 Å². The molecule has 0 saturated heterocycles. The van der Waals surface area contributed by atoms with Crippen LogP contribution in [0.25, 0.3) is 0 Å². The molecule has 1 N–H and O–H groups in total. The number of nitrogens with one attached hydrogen (secondary N) is 1. The van der Waals surface area contributed by atoms with Crippen molar-refractivity contribution in [2.24, 2.45) is 7.05 Å². The molecule has 0 fully saturated rings. The second-order valence-electron chi connectivity index (χ2n) is 4.74. The van der Waals surface area contributed by atoms with Gasteiger partial charge in [0.2, 0.25) is 10.0 Å². The summed E-state index contributed by atoms with van der Waals surface area (Å²) in [5.41, 5.74) is 0. The summed E-state index contributed by atoms with van der Waals surface area (Å²) in [5, 5.41) is 4.88. The van der Waals surface area contributed by atoms with Gasteiger partial charge >= 0.3 is 0 Å². The van der Waals surface area contributed by atoms with Crippen LogP contribution in [-0.2, 0) is 30.2 Å². The van der Waals surface area contributed by atoms with Crippen molar-refractivity contribution in [3.05, 3.63) is 34.5 Å². The zero-order valence-electron chi connectivity index (χ0n) is 12.4. The van der Waals surface area contributed by atoms with Crippen LogP contribution in [0.1, 0.15) is 17.6 Å². The summed E-state index contributed by atoms with van der Waals surface area (Å²) in [6.07, 6.45) is 3.46. The van der Waals surface area contributed by atoms with Crippen LogP contribution in [0.2, 0.25) is 0 Å². The molecule has 2 heterocycles. The predicted molar refractivity (Wildman–Crippen MR) is 83.6 cm³/mol. The minimum absolute atomic E-state index is 0.254. The molecule has 8 heteroatoms. The molecule has 2 aromatic heterocycles. The molecular weight excluding hydrogens is 308 g/mol. The van der Waals surface area contributed by atoms with Gasteiger partial charge in [0.25, 0.3) is 0 Å². The van der Waals surface area contributed by atoms with Crippen LogP contribution in [0, 0.1) is 0 Å². The lowest BCUT2D eigenvalue weighted by Crippen LogP contribution is -2.27. The largest absolute Gasteiger partial charge is 0.337 e. The number of aryl methyl sites for hydroxylation is 1. The number of aromatic nitrogens is 2. The Labute approximate surface area is 129 Å². The number of rotatable bonds is 7. The summed E-state index contributed by atoms with van der Waals surface area (Å²) in [7, 11) is -0.0492. The van der Waals surface area contributed by atoms with Crippen molar-refractivity contribution in [3.63, 3.8) is 0 Å². The van der Waals surface area contributed by atoms with E-state index in [1.54, 1.807) is 30.9 Å². The van der Waals surface area contributed by atoms with Gasteiger partial charge < -0.3 is 9.88 Å². The normalized spacial score (nSPS) is 12.2. The molecule has 0 amide bonds. The third-order valence-electron chi connectivity index (χ3n) is 3.17. The molecule has 6 nitrogen and oxygen atoms in total. The summed E-state index contributed by atoms with van der Waals surface area (Å²) in [6.45, 7) is 3.83. The molecule has 0 saturated carbocycles. The second-order valence-corrected chi connectivity index (χ2v) is 7.79. The van der Waals surface area contributed by atoms with Crippen LogP contribution < -0.4 is 5.32 Å². The Morgan fingerprint density at radius 2 is 2.24 bits per heavy atom. The molecule has 2 aromatic rings. The standard InChI is InChI=1S/C13H20N4O2S2/c1-4-14-8-11-7-12(10-20-11)21(18,19)17(3)9-13-15-5-6-16(13)2/h5-7,10,14H,4,8-9H2,1-3H3. The fraction of sp³-hybridized carbons (Fsp3) is 0.462. The average molecular weight is 328 g/mol. The van der Waals surface area contributed by atoms with Crippen molar-refractivity contribution in [3.8, 4) is 0 Å². The van der Waals surface area contributed by atoms with Crippen LogP contribution in [-0.4, -0.2) is 35.9 Å². The molecule has 0 atom stereocenters. The highest BCUT2D eigenvalue weighted by Crippen LogP contribution is 2.22. The lowest BCUT2D eigenvalue weighted by molar-refractivity contribution is 0.451. The highest BCUT2D eigenvalue weighted by Gasteiger charge is 2.23. The summed E-state index contributed by atoms with van der Waals surface area (Å²) in [6, 6.07) is 1.73. The maximum atomic E-state index is 12.5. The third kappa shape index (κ3) is 3.70. The first-order chi connectivity index (χ1) is 9.95. The first-order valence-electron chi connectivity index (χ1n) is 6.65. The molecule has 0 unspecified atom stereocenters.